The van der Waals surface area contributed by atoms with Crippen LogP contribution in [-0.4, -0.2) is 38.4 Å². The molecule has 2 bridgehead atoms. The number of Topliss-reactive ketones (excluding diaryl/α,β-unsaturated/α-hetero) is 1. The van der Waals surface area contributed by atoms with Crippen LogP contribution < -0.4 is 5.32 Å². The molecule has 1 aliphatic heterocycles. The first-order chi connectivity index (χ1) is 9.20. The summed E-state index contributed by atoms with van der Waals surface area (Å²) in [6, 6.07) is 0.143. The summed E-state index contributed by atoms with van der Waals surface area (Å²) in [6.07, 6.45) is 2.39. The third kappa shape index (κ3) is 2.00. The number of hydrogen-bond acceptors (Lipinski definition) is 5. The fourth-order valence-electron chi connectivity index (χ4n) is 3.26. The van der Waals surface area contributed by atoms with Crippen LogP contribution in [0.15, 0.2) is 4.99 Å². The van der Waals surface area contributed by atoms with Crippen LogP contribution in [-0.2, 0) is 9.59 Å². The molecule has 0 aromatic carbocycles. The van der Waals surface area contributed by atoms with Gasteiger partial charge in [-0.2, -0.15) is 0 Å². The summed E-state index contributed by atoms with van der Waals surface area (Å²) in [5.41, 5.74) is -1.12. The van der Waals surface area contributed by atoms with Crippen molar-refractivity contribution in [1.29, 1.82) is 0 Å². The molecule has 3 aliphatic rings. The van der Waals surface area contributed by atoms with Crippen LogP contribution in [0.4, 0.5) is 0 Å². The first-order valence-electron chi connectivity index (χ1n) is 7.04. The second kappa shape index (κ2) is 4.31. The average molecular weight is 296 g/mol. The molecule has 0 aromatic rings. The van der Waals surface area contributed by atoms with E-state index >= 15 is 0 Å². The minimum Gasteiger partial charge on any atom is -0.388 e. The third-order valence-corrected chi connectivity index (χ3v) is 6.48. The van der Waals surface area contributed by atoms with Crippen LogP contribution in [0.25, 0.3) is 0 Å². The summed E-state index contributed by atoms with van der Waals surface area (Å²) < 4.78 is -0.917. The van der Waals surface area contributed by atoms with Crippen molar-refractivity contribution in [2.45, 2.75) is 56.4 Å². The minimum atomic E-state index is -1.12. The van der Waals surface area contributed by atoms with Crippen molar-refractivity contribution in [3.8, 4) is 0 Å². The van der Waals surface area contributed by atoms with Crippen molar-refractivity contribution in [3.05, 3.63) is 0 Å². The number of thioether (sulfide) groups is 1. The van der Waals surface area contributed by atoms with E-state index in [2.05, 4.69) is 10.3 Å². The zero-order valence-corrected chi connectivity index (χ0v) is 12.8. The van der Waals surface area contributed by atoms with E-state index < -0.39 is 10.3 Å². The van der Waals surface area contributed by atoms with Gasteiger partial charge in [0.25, 0.3) is 0 Å². The standard InChI is InChI=1S/C14H20N2O3S/c1-13(2,19)14(3)11(18)16-12(20-14)15-9-5-8-4-7(9)6-10(8)17/h7-9,19H,4-6H2,1-3H3,(H,15,16,18)/t7-,8-,9+,14-/m1/s1. The van der Waals surface area contributed by atoms with Gasteiger partial charge in [0.2, 0.25) is 5.91 Å². The number of aliphatic imine (C=N–C) groups is 1. The summed E-state index contributed by atoms with van der Waals surface area (Å²) in [5.74, 6) is 0.687. The number of nitrogens with one attached hydrogen (secondary N) is 1. The van der Waals surface area contributed by atoms with Gasteiger partial charge in [0.05, 0.1) is 11.6 Å². The second-order valence-corrected chi connectivity index (χ2v) is 8.16. The van der Waals surface area contributed by atoms with Gasteiger partial charge < -0.3 is 10.4 Å². The van der Waals surface area contributed by atoms with E-state index in [0.29, 0.717) is 23.3 Å². The monoisotopic (exact) mass is 296 g/mol. The maximum absolute atomic E-state index is 12.1. The summed E-state index contributed by atoms with van der Waals surface area (Å²) in [5, 5.41) is 13.5. The average Bonchev–Trinajstić information content (AvgIpc) is 2.93. The van der Waals surface area contributed by atoms with Crippen molar-refractivity contribution >= 4 is 28.6 Å². The highest BCUT2D eigenvalue weighted by Gasteiger charge is 2.53. The topological polar surface area (TPSA) is 78.8 Å². The van der Waals surface area contributed by atoms with Gasteiger partial charge in [-0.05, 0) is 39.5 Å². The smallest absolute Gasteiger partial charge is 0.245 e. The van der Waals surface area contributed by atoms with E-state index in [1.54, 1.807) is 20.8 Å². The molecule has 2 N–H and O–H groups in total. The molecular formula is C14H20N2O3S. The second-order valence-electron chi connectivity index (χ2n) is 6.75. The molecule has 1 heterocycles. The van der Waals surface area contributed by atoms with Crippen LogP contribution in [0, 0.1) is 11.8 Å². The molecular weight excluding hydrogens is 276 g/mol. The Kier molecular flexibility index (Phi) is 3.03. The molecule has 0 spiro atoms. The lowest BCUT2D eigenvalue weighted by molar-refractivity contribution is -0.126. The van der Waals surface area contributed by atoms with Crippen molar-refractivity contribution in [2.75, 3.05) is 0 Å². The Hall–Kier alpha value is -0.880. The summed E-state index contributed by atoms with van der Waals surface area (Å²) >= 11 is 1.30. The van der Waals surface area contributed by atoms with E-state index in [1.807, 2.05) is 0 Å². The number of amides is 1. The molecule has 5 nitrogen and oxygen atoms in total. The lowest BCUT2D eigenvalue weighted by Crippen LogP contribution is -2.50. The van der Waals surface area contributed by atoms with Gasteiger partial charge in [0.15, 0.2) is 5.17 Å². The molecule has 3 rings (SSSR count). The predicted octanol–water partition coefficient (Wildman–Crippen LogP) is 1.10. The first kappa shape index (κ1) is 14.1. The predicted molar refractivity (Wildman–Crippen MR) is 77.5 cm³/mol. The number of aliphatic hydroxyl groups is 1. The van der Waals surface area contributed by atoms with Gasteiger partial charge in [0, 0.05) is 12.3 Å². The lowest BCUT2D eigenvalue weighted by atomic mass is 9.91. The quantitative estimate of drug-likeness (QED) is 0.800. The van der Waals surface area contributed by atoms with E-state index in [1.165, 1.54) is 11.8 Å². The Bertz CT molecular complexity index is 511. The number of amidine groups is 1. The summed E-state index contributed by atoms with van der Waals surface area (Å²) in [6.45, 7) is 5.01. The van der Waals surface area contributed by atoms with Crippen molar-refractivity contribution in [1.82, 2.24) is 5.32 Å². The highest BCUT2D eigenvalue weighted by molar-refractivity contribution is 8.16. The number of carbonyl (C=O) groups is 2. The van der Waals surface area contributed by atoms with Crippen LogP contribution >= 0.6 is 11.8 Å². The molecule has 0 aromatic heterocycles. The van der Waals surface area contributed by atoms with Gasteiger partial charge in [-0.3, -0.25) is 14.6 Å². The summed E-state index contributed by atoms with van der Waals surface area (Å²) in [7, 11) is 0. The summed E-state index contributed by atoms with van der Waals surface area (Å²) in [4.78, 5) is 28.3. The Balaban J connectivity index is 1.76. The van der Waals surface area contributed by atoms with Crippen molar-refractivity contribution < 1.29 is 14.7 Å². The fraction of sp³-hybridized carbons (Fsp3) is 0.786. The van der Waals surface area contributed by atoms with Gasteiger partial charge >= 0.3 is 0 Å². The number of hydrogen-bond donors (Lipinski definition) is 2. The first-order valence-corrected chi connectivity index (χ1v) is 7.86. The molecule has 3 fully saturated rings. The molecule has 6 heteroatoms. The largest absolute Gasteiger partial charge is 0.388 e. The van der Waals surface area contributed by atoms with E-state index in [-0.39, 0.29) is 17.9 Å². The van der Waals surface area contributed by atoms with Crippen molar-refractivity contribution in [3.63, 3.8) is 0 Å². The fourth-order valence-corrected chi connectivity index (χ4v) is 4.37. The van der Waals surface area contributed by atoms with Crippen LogP contribution in [0.1, 0.15) is 40.0 Å². The van der Waals surface area contributed by atoms with Gasteiger partial charge in [0.1, 0.15) is 10.5 Å². The molecule has 2 aliphatic carbocycles. The lowest BCUT2D eigenvalue weighted by Gasteiger charge is -2.32. The van der Waals surface area contributed by atoms with Crippen LogP contribution in [0.5, 0.6) is 0 Å². The molecule has 2 saturated carbocycles. The number of nitrogens with zero attached hydrogens (tertiary/aromatic N) is 1. The van der Waals surface area contributed by atoms with Crippen LogP contribution in [0.3, 0.4) is 0 Å². The Morgan fingerprint density at radius 1 is 1.40 bits per heavy atom. The van der Waals surface area contributed by atoms with Gasteiger partial charge in [-0.15, -0.1) is 0 Å². The van der Waals surface area contributed by atoms with Gasteiger partial charge in [-0.25, -0.2) is 0 Å². The molecule has 0 unspecified atom stereocenters. The van der Waals surface area contributed by atoms with E-state index in [0.717, 1.165) is 12.8 Å². The zero-order valence-electron chi connectivity index (χ0n) is 12.0. The maximum atomic E-state index is 12.1. The number of ketones is 1. The van der Waals surface area contributed by atoms with Gasteiger partial charge in [-0.1, -0.05) is 11.8 Å². The van der Waals surface area contributed by atoms with E-state index in [4.69, 9.17) is 0 Å². The third-order valence-electron chi connectivity index (χ3n) is 4.98. The molecule has 20 heavy (non-hydrogen) atoms. The molecule has 110 valence electrons. The Morgan fingerprint density at radius 3 is 2.55 bits per heavy atom. The SMILES string of the molecule is CC(C)(O)[C@]1(C)SC(=N[C@H]2C[C@H]3C[C@@H]2CC3=O)NC1=O. The molecule has 1 saturated heterocycles. The molecule has 0 radical (unpaired) electrons. The zero-order chi connectivity index (χ0) is 14.7. The Labute approximate surface area is 122 Å². The Morgan fingerprint density at radius 2 is 2.10 bits per heavy atom. The van der Waals surface area contributed by atoms with Crippen LogP contribution in [0.2, 0.25) is 0 Å². The number of carbonyl (C=O) groups excluding carboxylic acids is 2. The van der Waals surface area contributed by atoms with Crippen molar-refractivity contribution in [2.24, 2.45) is 16.8 Å². The molecule has 4 atom stereocenters. The number of fused-ring (bicyclic) bond motifs is 2. The molecule has 1 amide bonds. The maximum Gasteiger partial charge on any atom is 0.245 e. The minimum absolute atomic E-state index is 0.143. The number of rotatable bonds is 2. The highest BCUT2D eigenvalue weighted by atomic mass is 32.2. The normalized spacial score (nSPS) is 42.6. The van der Waals surface area contributed by atoms with E-state index in [9.17, 15) is 14.7 Å². The highest BCUT2D eigenvalue weighted by Crippen LogP contribution is 2.45.